The van der Waals surface area contributed by atoms with Gasteiger partial charge >= 0.3 is 0 Å². The number of hydrogen-bond acceptors (Lipinski definition) is 3. The number of nitrogens with two attached hydrogens (primary N) is 1. The van der Waals surface area contributed by atoms with Gasteiger partial charge in [-0.15, -0.1) is 0 Å². The van der Waals surface area contributed by atoms with Crippen LogP contribution in [0.25, 0.3) is 10.8 Å². The molecule has 2 aromatic carbocycles. The molecule has 5 heteroatoms. The monoisotopic (exact) mass is 318 g/mol. The Balaban J connectivity index is 1.80. The molecule has 1 aliphatic rings. The van der Waals surface area contributed by atoms with Crippen molar-refractivity contribution in [3.05, 3.63) is 47.0 Å². The number of β-amino-alcohol motifs (C(OH)–C–C–N with tert-alkyl or cyclic N) is 1. The van der Waals surface area contributed by atoms with Crippen molar-refractivity contribution in [2.24, 2.45) is 11.7 Å². The van der Waals surface area contributed by atoms with Gasteiger partial charge in [0, 0.05) is 42.4 Å². The van der Waals surface area contributed by atoms with E-state index < -0.39 is 6.10 Å². The number of hydrogen-bond donors (Lipinski definition) is 2. The molecular weight excluding hydrogens is 300 g/mol. The van der Waals surface area contributed by atoms with Crippen molar-refractivity contribution in [2.75, 3.05) is 13.1 Å². The Hall–Kier alpha value is -1.62. The largest absolute Gasteiger partial charge is 0.391 e. The summed E-state index contributed by atoms with van der Waals surface area (Å²) in [6, 6.07) is 12.0. The van der Waals surface area contributed by atoms with E-state index in [1.54, 1.807) is 0 Å². The van der Waals surface area contributed by atoms with Crippen LogP contribution >= 0.6 is 11.6 Å². The minimum Gasteiger partial charge on any atom is -0.391 e. The van der Waals surface area contributed by atoms with Crippen molar-refractivity contribution in [1.82, 2.24) is 4.90 Å². The molecule has 0 unspecified atom stereocenters. The van der Waals surface area contributed by atoms with E-state index in [9.17, 15) is 9.90 Å². The number of fused-ring (bicyclic) bond motifs is 1. The first-order valence-electron chi connectivity index (χ1n) is 7.39. The molecule has 1 fully saturated rings. The summed E-state index contributed by atoms with van der Waals surface area (Å²) >= 11 is 6.24. The van der Waals surface area contributed by atoms with E-state index >= 15 is 0 Å². The van der Waals surface area contributed by atoms with Crippen molar-refractivity contribution in [1.29, 1.82) is 0 Å². The van der Waals surface area contributed by atoms with E-state index in [0.29, 0.717) is 13.1 Å². The molecule has 0 radical (unpaired) electrons. The Morgan fingerprint density at radius 3 is 2.68 bits per heavy atom. The zero-order valence-corrected chi connectivity index (χ0v) is 13.0. The Bertz CT molecular complexity index is 704. The summed E-state index contributed by atoms with van der Waals surface area (Å²) in [6.07, 6.45) is -0.259. The van der Waals surface area contributed by atoms with Crippen molar-refractivity contribution in [2.45, 2.75) is 19.1 Å². The molecule has 0 aliphatic carbocycles. The van der Waals surface area contributed by atoms with Gasteiger partial charge in [-0.1, -0.05) is 41.9 Å². The standard InChI is InChI=1S/C17H19ClN2O2/c18-15-6-5-11(13-3-1-2-4-14(13)15)8-20-9-12(7-17(19)22)16(21)10-20/h1-6,12,16,21H,7-10H2,(H2,19,22)/t12-,16-/m1/s1. The van der Waals surface area contributed by atoms with Crippen LogP contribution in [0.2, 0.25) is 5.02 Å². The van der Waals surface area contributed by atoms with Gasteiger partial charge in [-0.25, -0.2) is 0 Å². The third-order valence-electron chi connectivity index (χ3n) is 4.30. The number of amides is 1. The Labute approximate surface area is 134 Å². The summed E-state index contributed by atoms with van der Waals surface area (Å²) < 4.78 is 0. The zero-order valence-electron chi connectivity index (χ0n) is 12.2. The number of rotatable bonds is 4. The predicted molar refractivity (Wildman–Crippen MR) is 87.5 cm³/mol. The topological polar surface area (TPSA) is 66.6 Å². The van der Waals surface area contributed by atoms with Crippen LogP contribution in [-0.4, -0.2) is 35.1 Å². The maximum atomic E-state index is 11.1. The smallest absolute Gasteiger partial charge is 0.217 e. The number of nitrogens with zero attached hydrogens (tertiary/aromatic N) is 1. The van der Waals surface area contributed by atoms with E-state index in [1.807, 2.05) is 30.3 Å². The molecule has 0 bridgehead atoms. The van der Waals surface area contributed by atoms with Gasteiger partial charge in [-0.05, 0) is 17.0 Å². The average molecular weight is 319 g/mol. The van der Waals surface area contributed by atoms with Crippen molar-refractivity contribution in [3.63, 3.8) is 0 Å². The minimum atomic E-state index is -0.494. The highest BCUT2D eigenvalue weighted by atomic mass is 35.5. The summed E-state index contributed by atoms with van der Waals surface area (Å²) in [5.41, 5.74) is 6.41. The Morgan fingerprint density at radius 2 is 1.95 bits per heavy atom. The zero-order chi connectivity index (χ0) is 15.7. The first kappa shape index (κ1) is 15.3. The van der Waals surface area contributed by atoms with Crippen LogP contribution in [0.4, 0.5) is 0 Å². The van der Waals surface area contributed by atoms with Crippen LogP contribution in [0.3, 0.4) is 0 Å². The Morgan fingerprint density at radius 1 is 1.23 bits per heavy atom. The molecule has 1 heterocycles. The fourth-order valence-electron chi connectivity index (χ4n) is 3.23. The summed E-state index contributed by atoms with van der Waals surface area (Å²) in [5.74, 6) is -0.432. The highest BCUT2D eigenvalue weighted by molar-refractivity contribution is 6.35. The maximum absolute atomic E-state index is 11.1. The van der Waals surface area contributed by atoms with Crippen molar-refractivity contribution in [3.8, 4) is 0 Å². The number of aliphatic hydroxyl groups excluding tert-OH is 1. The van der Waals surface area contributed by atoms with Gasteiger partial charge in [0.05, 0.1) is 6.10 Å². The summed E-state index contributed by atoms with van der Waals surface area (Å²) in [4.78, 5) is 13.2. The van der Waals surface area contributed by atoms with E-state index in [4.69, 9.17) is 17.3 Å². The van der Waals surface area contributed by atoms with Crippen LogP contribution in [0.15, 0.2) is 36.4 Å². The molecule has 2 aromatic rings. The predicted octanol–water partition coefficient (Wildman–Crippen LogP) is 2.16. The van der Waals surface area contributed by atoms with Crippen molar-refractivity contribution >= 4 is 28.3 Å². The summed E-state index contributed by atoms with van der Waals surface area (Å²) in [6.45, 7) is 1.97. The first-order chi connectivity index (χ1) is 10.5. The highest BCUT2D eigenvalue weighted by Gasteiger charge is 2.32. The van der Waals surface area contributed by atoms with Crippen LogP contribution in [-0.2, 0) is 11.3 Å². The maximum Gasteiger partial charge on any atom is 0.217 e. The molecule has 1 aliphatic heterocycles. The van der Waals surface area contributed by atoms with Gasteiger partial charge in [0.25, 0.3) is 0 Å². The third-order valence-corrected chi connectivity index (χ3v) is 4.63. The van der Waals surface area contributed by atoms with Crippen LogP contribution < -0.4 is 5.73 Å². The molecule has 0 spiro atoms. The van der Waals surface area contributed by atoms with Gasteiger partial charge in [0.15, 0.2) is 0 Å². The molecule has 2 atom stereocenters. The molecule has 3 N–H and O–H groups in total. The van der Waals surface area contributed by atoms with Gasteiger partial charge in [-0.3, -0.25) is 9.69 Å². The number of halogens is 1. The molecule has 22 heavy (non-hydrogen) atoms. The second-order valence-electron chi connectivity index (χ2n) is 5.94. The third kappa shape index (κ3) is 3.09. The Kier molecular flexibility index (Phi) is 4.34. The molecule has 3 rings (SSSR count). The number of carbonyl (C=O) groups is 1. The van der Waals surface area contributed by atoms with Gasteiger partial charge in [-0.2, -0.15) is 0 Å². The molecular formula is C17H19ClN2O2. The lowest BCUT2D eigenvalue weighted by Crippen LogP contribution is -2.24. The normalized spacial score (nSPS) is 22.3. The van der Waals surface area contributed by atoms with E-state index in [1.165, 1.54) is 5.56 Å². The lowest BCUT2D eigenvalue weighted by molar-refractivity contribution is -0.119. The quantitative estimate of drug-likeness (QED) is 0.908. The van der Waals surface area contributed by atoms with Crippen LogP contribution in [0.5, 0.6) is 0 Å². The molecule has 1 amide bonds. The van der Waals surface area contributed by atoms with E-state index in [-0.39, 0.29) is 18.2 Å². The van der Waals surface area contributed by atoms with E-state index in [0.717, 1.165) is 22.3 Å². The molecule has 0 saturated carbocycles. The van der Waals surface area contributed by atoms with E-state index in [2.05, 4.69) is 11.0 Å². The van der Waals surface area contributed by atoms with Gasteiger partial charge in [0.2, 0.25) is 5.91 Å². The second kappa shape index (κ2) is 6.24. The van der Waals surface area contributed by atoms with Gasteiger partial charge < -0.3 is 10.8 Å². The molecule has 0 aromatic heterocycles. The van der Waals surface area contributed by atoms with Crippen LogP contribution in [0.1, 0.15) is 12.0 Å². The number of benzene rings is 2. The minimum absolute atomic E-state index is 0.0731. The summed E-state index contributed by atoms with van der Waals surface area (Å²) in [5, 5.41) is 13.0. The molecule has 116 valence electrons. The number of likely N-dealkylation sites (tertiary alicyclic amines) is 1. The SMILES string of the molecule is NC(=O)C[C@@H]1CN(Cc2ccc(Cl)c3ccccc23)C[C@H]1O. The lowest BCUT2D eigenvalue weighted by Gasteiger charge is -2.17. The molecule has 4 nitrogen and oxygen atoms in total. The fourth-order valence-corrected chi connectivity index (χ4v) is 3.46. The van der Waals surface area contributed by atoms with Crippen molar-refractivity contribution < 1.29 is 9.90 Å². The van der Waals surface area contributed by atoms with Crippen LogP contribution in [0, 0.1) is 5.92 Å². The molecule has 1 saturated heterocycles. The number of aliphatic hydroxyl groups is 1. The average Bonchev–Trinajstić information content (AvgIpc) is 2.81. The highest BCUT2D eigenvalue weighted by Crippen LogP contribution is 2.29. The fraction of sp³-hybridized carbons (Fsp3) is 0.353. The number of carbonyl (C=O) groups excluding carboxylic acids is 1. The summed E-state index contributed by atoms with van der Waals surface area (Å²) in [7, 11) is 0. The first-order valence-corrected chi connectivity index (χ1v) is 7.77. The second-order valence-corrected chi connectivity index (χ2v) is 6.35. The number of primary amides is 1. The lowest BCUT2D eigenvalue weighted by atomic mass is 10.0. The van der Waals surface area contributed by atoms with Gasteiger partial charge in [0.1, 0.15) is 0 Å².